The molecule has 2 rings (SSSR count). The second kappa shape index (κ2) is 4.24. The smallest absolute Gasteiger partial charge is 0.228 e. The van der Waals surface area contributed by atoms with Gasteiger partial charge in [0.2, 0.25) is 5.91 Å². The molecule has 16 heavy (non-hydrogen) atoms. The van der Waals surface area contributed by atoms with Crippen LogP contribution in [0.4, 0.5) is 4.39 Å². The van der Waals surface area contributed by atoms with Crippen molar-refractivity contribution in [2.45, 2.75) is 37.5 Å². The zero-order valence-corrected chi connectivity index (χ0v) is 9.21. The SMILES string of the molecule is NC(=O)C1(c2cccc(F)c2)CCCCC1. The van der Waals surface area contributed by atoms with E-state index in [1.165, 1.54) is 12.1 Å². The Bertz CT molecular complexity index is 397. The quantitative estimate of drug-likeness (QED) is 0.819. The number of carbonyl (C=O) groups is 1. The van der Waals surface area contributed by atoms with E-state index in [9.17, 15) is 9.18 Å². The largest absolute Gasteiger partial charge is 0.369 e. The summed E-state index contributed by atoms with van der Waals surface area (Å²) in [5, 5.41) is 0. The molecule has 0 aromatic heterocycles. The monoisotopic (exact) mass is 221 g/mol. The molecule has 2 nitrogen and oxygen atoms in total. The summed E-state index contributed by atoms with van der Waals surface area (Å²) in [6, 6.07) is 6.28. The molecule has 0 radical (unpaired) electrons. The Balaban J connectivity index is 2.42. The van der Waals surface area contributed by atoms with Gasteiger partial charge < -0.3 is 5.73 Å². The lowest BCUT2D eigenvalue weighted by Gasteiger charge is -2.34. The van der Waals surface area contributed by atoms with Crippen LogP contribution in [0.2, 0.25) is 0 Å². The molecule has 86 valence electrons. The predicted molar refractivity (Wildman–Crippen MR) is 60.4 cm³/mol. The summed E-state index contributed by atoms with van der Waals surface area (Å²) in [4.78, 5) is 11.7. The number of nitrogens with two attached hydrogens (primary N) is 1. The summed E-state index contributed by atoms with van der Waals surface area (Å²) >= 11 is 0. The van der Waals surface area contributed by atoms with Crippen molar-refractivity contribution in [2.75, 3.05) is 0 Å². The van der Waals surface area contributed by atoms with Gasteiger partial charge in [-0.25, -0.2) is 4.39 Å². The predicted octanol–water partition coefficient (Wildman–Crippen LogP) is 2.51. The molecule has 0 atom stereocenters. The summed E-state index contributed by atoms with van der Waals surface area (Å²) in [5.74, 6) is -0.624. The number of hydrogen-bond donors (Lipinski definition) is 1. The Kier molecular flexibility index (Phi) is 2.95. The van der Waals surface area contributed by atoms with E-state index in [2.05, 4.69) is 0 Å². The Hall–Kier alpha value is -1.38. The average Bonchev–Trinajstić information content (AvgIpc) is 2.30. The lowest BCUT2D eigenvalue weighted by Crippen LogP contribution is -2.42. The lowest BCUT2D eigenvalue weighted by molar-refractivity contribution is -0.124. The van der Waals surface area contributed by atoms with Crippen LogP contribution in [0.3, 0.4) is 0 Å². The maximum absolute atomic E-state index is 13.2. The molecular weight excluding hydrogens is 205 g/mol. The molecular formula is C13H16FNO. The van der Waals surface area contributed by atoms with E-state index in [1.807, 2.05) is 0 Å². The summed E-state index contributed by atoms with van der Waals surface area (Å²) in [5.41, 5.74) is 5.62. The van der Waals surface area contributed by atoms with Gasteiger partial charge in [0.05, 0.1) is 5.41 Å². The van der Waals surface area contributed by atoms with Crippen molar-refractivity contribution in [1.82, 2.24) is 0 Å². The molecule has 0 spiro atoms. The van der Waals surface area contributed by atoms with Crippen LogP contribution in [0.15, 0.2) is 24.3 Å². The van der Waals surface area contributed by atoms with Crippen LogP contribution in [0.25, 0.3) is 0 Å². The van der Waals surface area contributed by atoms with E-state index in [0.717, 1.165) is 37.7 Å². The van der Waals surface area contributed by atoms with E-state index >= 15 is 0 Å². The summed E-state index contributed by atoms with van der Waals surface area (Å²) < 4.78 is 13.2. The third-order valence-corrected chi connectivity index (χ3v) is 3.56. The van der Waals surface area contributed by atoms with Crippen LogP contribution in [-0.2, 0) is 10.2 Å². The highest BCUT2D eigenvalue weighted by Gasteiger charge is 2.39. The molecule has 0 saturated heterocycles. The second-order valence-corrected chi connectivity index (χ2v) is 4.52. The highest BCUT2D eigenvalue weighted by atomic mass is 19.1. The summed E-state index contributed by atoms with van der Waals surface area (Å²) in [6.07, 6.45) is 4.58. The van der Waals surface area contributed by atoms with Gasteiger partial charge in [-0.3, -0.25) is 4.79 Å². The first-order valence-corrected chi connectivity index (χ1v) is 5.71. The van der Waals surface area contributed by atoms with Crippen molar-refractivity contribution in [3.8, 4) is 0 Å². The van der Waals surface area contributed by atoms with Crippen molar-refractivity contribution < 1.29 is 9.18 Å². The fraction of sp³-hybridized carbons (Fsp3) is 0.462. The minimum absolute atomic E-state index is 0.302. The molecule has 1 saturated carbocycles. The number of primary amides is 1. The highest BCUT2D eigenvalue weighted by molar-refractivity contribution is 5.86. The number of amides is 1. The van der Waals surface area contributed by atoms with Crippen LogP contribution >= 0.6 is 0 Å². The third kappa shape index (κ3) is 1.82. The molecule has 1 amide bonds. The van der Waals surface area contributed by atoms with Crippen LogP contribution in [0.1, 0.15) is 37.7 Å². The van der Waals surface area contributed by atoms with Gasteiger partial charge in [0, 0.05) is 0 Å². The first-order chi connectivity index (χ1) is 7.65. The summed E-state index contributed by atoms with van der Waals surface area (Å²) in [7, 11) is 0. The van der Waals surface area contributed by atoms with E-state index in [4.69, 9.17) is 5.73 Å². The number of carbonyl (C=O) groups excluding carboxylic acids is 1. The topological polar surface area (TPSA) is 43.1 Å². The van der Waals surface area contributed by atoms with Gasteiger partial charge in [-0.1, -0.05) is 31.4 Å². The zero-order chi connectivity index (χ0) is 11.6. The minimum atomic E-state index is -0.639. The van der Waals surface area contributed by atoms with Crippen LogP contribution in [0, 0.1) is 5.82 Å². The normalized spacial score (nSPS) is 19.3. The Morgan fingerprint density at radius 2 is 1.94 bits per heavy atom. The first-order valence-electron chi connectivity index (χ1n) is 5.71. The Morgan fingerprint density at radius 1 is 1.25 bits per heavy atom. The number of halogens is 1. The molecule has 0 unspecified atom stereocenters. The van der Waals surface area contributed by atoms with Crippen molar-refractivity contribution in [2.24, 2.45) is 5.73 Å². The molecule has 0 aliphatic heterocycles. The molecule has 2 N–H and O–H groups in total. The molecule has 0 heterocycles. The number of benzene rings is 1. The highest BCUT2D eigenvalue weighted by Crippen LogP contribution is 2.39. The van der Waals surface area contributed by atoms with Gasteiger partial charge >= 0.3 is 0 Å². The third-order valence-electron chi connectivity index (χ3n) is 3.56. The van der Waals surface area contributed by atoms with Crippen molar-refractivity contribution in [3.05, 3.63) is 35.6 Å². The first kappa shape index (κ1) is 11.1. The van der Waals surface area contributed by atoms with Gasteiger partial charge in [0.25, 0.3) is 0 Å². The van der Waals surface area contributed by atoms with Gasteiger partial charge in [0.15, 0.2) is 0 Å². The molecule has 1 aliphatic carbocycles. The molecule has 1 aromatic carbocycles. The number of rotatable bonds is 2. The van der Waals surface area contributed by atoms with Crippen molar-refractivity contribution >= 4 is 5.91 Å². The maximum atomic E-state index is 13.2. The van der Waals surface area contributed by atoms with Gasteiger partial charge in [-0.2, -0.15) is 0 Å². The van der Waals surface area contributed by atoms with Gasteiger partial charge in [-0.15, -0.1) is 0 Å². The fourth-order valence-corrected chi connectivity index (χ4v) is 2.62. The Labute approximate surface area is 94.6 Å². The van der Waals surface area contributed by atoms with Crippen molar-refractivity contribution in [1.29, 1.82) is 0 Å². The van der Waals surface area contributed by atoms with Crippen LogP contribution in [-0.4, -0.2) is 5.91 Å². The summed E-state index contributed by atoms with van der Waals surface area (Å²) in [6.45, 7) is 0. The van der Waals surface area contributed by atoms with E-state index in [1.54, 1.807) is 12.1 Å². The van der Waals surface area contributed by atoms with Crippen LogP contribution in [0.5, 0.6) is 0 Å². The maximum Gasteiger partial charge on any atom is 0.228 e. The zero-order valence-electron chi connectivity index (χ0n) is 9.21. The van der Waals surface area contributed by atoms with E-state index in [-0.39, 0.29) is 11.7 Å². The van der Waals surface area contributed by atoms with Gasteiger partial charge in [0.1, 0.15) is 5.82 Å². The van der Waals surface area contributed by atoms with Crippen molar-refractivity contribution in [3.63, 3.8) is 0 Å². The Morgan fingerprint density at radius 3 is 2.50 bits per heavy atom. The molecule has 1 aliphatic rings. The fourth-order valence-electron chi connectivity index (χ4n) is 2.62. The number of hydrogen-bond acceptors (Lipinski definition) is 1. The average molecular weight is 221 g/mol. The van der Waals surface area contributed by atoms with Gasteiger partial charge in [-0.05, 0) is 30.5 Å². The van der Waals surface area contributed by atoms with E-state index in [0.29, 0.717) is 0 Å². The molecule has 1 fully saturated rings. The molecule has 0 bridgehead atoms. The second-order valence-electron chi connectivity index (χ2n) is 4.52. The molecule has 1 aromatic rings. The lowest BCUT2D eigenvalue weighted by atomic mass is 9.69. The molecule has 3 heteroatoms. The standard InChI is InChI=1S/C13H16FNO/c14-11-6-4-5-10(9-11)13(12(15)16)7-2-1-3-8-13/h4-6,9H,1-3,7-8H2,(H2,15,16). The minimum Gasteiger partial charge on any atom is -0.369 e. The van der Waals surface area contributed by atoms with E-state index < -0.39 is 5.41 Å². The van der Waals surface area contributed by atoms with Crippen LogP contribution < -0.4 is 5.73 Å².